The molecule has 1 aromatic carbocycles. The minimum Gasteiger partial charge on any atom is -0.479 e. The molecule has 2 rings (SSSR count). The SMILES string of the molecule is O=C(O)C1(O)C=Cc2ccccc2C1(O)C(=O)O. The molecule has 0 bridgehead atoms. The van der Waals surface area contributed by atoms with Crippen molar-refractivity contribution in [3.05, 3.63) is 41.5 Å². The van der Waals surface area contributed by atoms with E-state index in [-0.39, 0.29) is 5.56 Å². The second kappa shape index (κ2) is 3.66. The topological polar surface area (TPSA) is 115 Å². The lowest BCUT2D eigenvalue weighted by Crippen LogP contribution is -2.61. The third-order valence-corrected chi connectivity index (χ3v) is 3.04. The molecule has 0 aromatic heterocycles. The summed E-state index contributed by atoms with van der Waals surface area (Å²) in [6, 6.07) is 5.84. The van der Waals surface area contributed by atoms with Gasteiger partial charge in [0.15, 0.2) is 0 Å². The van der Waals surface area contributed by atoms with Crippen LogP contribution in [0.25, 0.3) is 6.08 Å². The highest BCUT2D eigenvalue weighted by Gasteiger charge is 2.62. The number of rotatable bonds is 2. The maximum atomic E-state index is 11.3. The van der Waals surface area contributed by atoms with E-state index in [1.165, 1.54) is 24.3 Å². The van der Waals surface area contributed by atoms with Crippen molar-refractivity contribution < 1.29 is 30.0 Å². The van der Waals surface area contributed by atoms with Crippen LogP contribution >= 0.6 is 0 Å². The number of carboxylic acid groups (broad SMARTS) is 2. The standard InChI is InChI=1S/C12H10O6/c13-9(14)11(17)6-5-7-3-1-2-4-8(7)12(11,18)10(15)16/h1-6,17-18H,(H,13,14)(H,15,16). The van der Waals surface area contributed by atoms with Crippen LogP contribution in [0, 0.1) is 0 Å². The van der Waals surface area contributed by atoms with E-state index in [1.54, 1.807) is 6.07 Å². The number of carbonyl (C=O) groups is 2. The quantitative estimate of drug-likeness (QED) is 0.578. The monoisotopic (exact) mass is 250 g/mol. The molecule has 94 valence electrons. The van der Waals surface area contributed by atoms with Gasteiger partial charge in [-0.1, -0.05) is 30.3 Å². The molecule has 0 heterocycles. The fourth-order valence-corrected chi connectivity index (χ4v) is 2.01. The second-order valence-electron chi connectivity index (χ2n) is 4.01. The maximum absolute atomic E-state index is 11.3. The Hall–Kier alpha value is -2.18. The Kier molecular flexibility index (Phi) is 2.50. The molecule has 6 nitrogen and oxygen atoms in total. The van der Waals surface area contributed by atoms with Gasteiger partial charge in [0, 0.05) is 5.56 Å². The van der Waals surface area contributed by atoms with Gasteiger partial charge in [0.05, 0.1) is 0 Å². The Morgan fingerprint density at radius 2 is 1.61 bits per heavy atom. The molecule has 0 fully saturated rings. The summed E-state index contributed by atoms with van der Waals surface area (Å²) in [6.07, 6.45) is 2.03. The summed E-state index contributed by atoms with van der Waals surface area (Å²) in [5.74, 6) is -3.66. The van der Waals surface area contributed by atoms with Gasteiger partial charge in [0.2, 0.25) is 11.2 Å². The second-order valence-corrected chi connectivity index (χ2v) is 4.01. The normalized spacial score (nSPS) is 29.7. The first-order valence-corrected chi connectivity index (χ1v) is 5.04. The Morgan fingerprint density at radius 1 is 1.00 bits per heavy atom. The van der Waals surface area contributed by atoms with Gasteiger partial charge in [-0.3, -0.25) is 0 Å². The number of aliphatic hydroxyl groups is 2. The van der Waals surface area contributed by atoms with Crippen molar-refractivity contribution in [2.24, 2.45) is 0 Å². The summed E-state index contributed by atoms with van der Waals surface area (Å²) in [5, 5.41) is 38.3. The first-order chi connectivity index (χ1) is 8.34. The highest BCUT2D eigenvalue weighted by atomic mass is 16.5. The van der Waals surface area contributed by atoms with Gasteiger partial charge in [-0.25, -0.2) is 9.59 Å². The van der Waals surface area contributed by atoms with Crippen molar-refractivity contribution in [1.82, 2.24) is 0 Å². The summed E-state index contributed by atoms with van der Waals surface area (Å²) in [4.78, 5) is 22.3. The fraction of sp³-hybridized carbons (Fsp3) is 0.167. The fourth-order valence-electron chi connectivity index (χ4n) is 2.01. The zero-order chi connectivity index (χ0) is 13.6. The van der Waals surface area contributed by atoms with E-state index < -0.39 is 23.1 Å². The minimum absolute atomic E-state index is 0.162. The molecular weight excluding hydrogens is 240 g/mol. The van der Waals surface area contributed by atoms with Gasteiger partial charge in [-0.15, -0.1) is 0 Å². The third-order valence-electron chi connectivity index (χ3n) is 3.04. The molecule has 6 heteroatoms. The molecule has 2 unspecified atom stereocenters. The average Bonchev–Trinajstić information content (AvgIpc) is 2.33. The average molecular weight is 250 g/mol. The van der Waals surface area contributed by atoms with Crippen LogP contribution < -0.4 is 0 Å². The number of fused-ring (bicyclic) bond motifs is 1. The molecule has 4 N–H and O–H groups in total. The van der Waals surface area contributed by atoms with E-state index in [0.29, 0.717) is 5.56 Å². The lowest BCUT2D eigenvalue weighted by Gasteiger charge is -2.38. The van der Waals surface area contributed by atoms with Gasteiger partial charge < -0.3 is 20.4 Å². The van der Waals surface area contributed by atoms with E-state index in [0.717, 1.165) is 6.08 Å². The van der Waals surface area contributed by atoms with Crippen molar-refractivity contribution in [3.8, 4) is 0 Å². The Morgan fingerprint density at radius 3 is 2.17 bits per heavy atom. The van der Waals surface area contributed by atoms with Crippen LogP contribution in [0.3, 0.4) is 0 Å². The highest BCUT2D eigenvalue weighted by molar-refractivity contribution is 5.96. The van der Waals surface area contributed by atoms with E-state index in [1.807, 2.05) is 0 Å². The van der Waals surface area contributed by atoms with Crippen molar-refractivity contribution >= 4 is 18.0 Å². The molecule has 1 aliphatic rings. The molecular formula is C12H10O6. The summed E-state index contributed by atoms with van der Waals surface area (Å²) in [6.45, 7) is 0. The first kappa shape index (κ1) is 12.3. The number of benzene rings is 1. The minimum atomic E-state index is -2.93. The molecule has 0 saturated heterocycles. The van der Waals surface area contributed by atoms with E-state index in [9.17, 15) is 19.8 Å². The van der Waals surface area contributed by atoms with Crippen molar-refractivity contribution in [1.29, 1.82) is 0 Å². The Balaban J connectivity index is 2.79. The van der Waals surface area contributed by atoms with Crippen LogP contribution in [0.4, 0.5) is 0 Å². The summed E-state index contributed by atoms with van der Waals surface area (Å²) >= 11 is 0. The highest BCUT2D eigenvalue weighted by Crippen LogP contribution is 2.41. The Bertz CT molecular complexity index is 563. The van der Waals surface area contributed by atoms with Crippen LogP contribution in [0.1, 0.15) is 11.1 Å². The first-order valence-electron chi connectivity index (χ1n) is 5.04. The van der Waals surface area contributed by atoms with E-state index in [2.05, 4.69) is 0 Å². The van der Waals surface area contributed by atoms with E-state index in [4.69, 9.17) is 10.2 Å². The zero-order valence-corrected chi connectivity index (χ0v) is 9.07. The largest absolute Gasteiger partial charge is 0.479 e. The predicted octanol–water partition coefficient (Wildman–Crippen LogP) is -0.199. The third kappa shape index (κ3) is 1.30. The van der Waals surface area contributed by atoms with Crippen molar-refractivity contribution in [2.45, 2.75) is 11.2 Å². The molecule has 0 saturated carbocycles. The number of hydrogen-bond acceptors (Lipinski definition) is 4. The lowest BCUT2D eigenvalue weighted by atomic mass is 9.72. The Labute approximate surface area is 101 Å². The molecule has 1 aromatic rings. The summed E-state index contributed by atoms with van der Waals surface area (Å²) < 4.78 is 0. The predicted molar refractivity (Wildman–Crippen MR) is 59.6 cm³/mol. The summed E-state index contributed by atoms with van der Waals surface area (Å²) in [7, 11) is 0. The van der Waals surface area contributed by atoms with Crippen LogP contribution in [-0.4, -0.2) is 38.0 Å². The van der Waals surface area contributed by atoms with E-state index >= 15 is 0 Å². The van der Waals surface area contributed by atoms with Gasteiger partial charge in [-0.2, -0.15) is 0 Å². The molecule has 1 aliphatic carbocycles. The molecule has 0 spiro atoms. The zero-order valence-electron chi connectivity index (χ0n) is 9.07. The molecule has 0 radical (unpaired) electrons. The number of carboxylic acids is 2. The van der Waals surface area contributed by atoms with Crippen molar-refractivity contribution in [2.75, 3.05) is 0 Å². The molecule has 0 amide bonds. The molecule has 0 aliphatic heterocycles. The van der Waals surface area contributed by atoms with Crippen molar-refractivity contribution in [3.63, 3.8) is 0 Å². The van der Waals surface area contributed by atoms with Gasteiger partial charge in [0.25, 0.3) is 0 Å². The molecule has 18 heavy (non-hydrogen) atoms. The maximum Gasteiger partial charge on any atom is 0.344 e. The van der Waals surface area contributed by atoms with Crippen LogP contribution in [-0.2, 0) is 15.2 Å². The number of hydrogen-bond donors (Lipinski definition) is 4. The van der Waals surface area contributed by atoms with Crippen LogP contribution in [0.15, 0.2) is 30.3 Å². The smallest absolute Gasteiger partial charge is 0.344 e. The number of aliphatic carboxylic acids is 2. The van der Waals surface area contributed by atoms with Gasteiger partial charge in [-0.05, 0) is 11.6 Å². The van der Waals surface area contributed by atoms with Gasteiger partial charge >= 0.3 is 11.9 Å². The van der Waals surface area contributed by atoms with Gasteiger partial charge in [0.1, 0.15) is 0 Å². The molecule has 2 atom stereocenters. The lowest BCUT2D eigenvalue weighted by molar-refractivity contribution is -0.200. The summed E-state index contributed by atoms with van der Waals surface area (Å²) in [5.41, 5.74) is -5.66. The van der Waals surface area contributed by atoms with Crippen LogP contribution in [0.5, 0.6) is 0 Å². The van der Waals surface area contributed by atoms with Crippen LogP contribution in [0.2, 0.25) is 0 Å².